The molecule has 2 aromatic carbocycles. The number of benzene rings is 2. The van der Waals surface area contributed by atoms with Gasteiger partial charge in [0.05, 0.1) is 18.3 Å². The van der Waals surface area contributed by atoms with E-state index in [4.69, 9.17) is 14.5 Å². The maximum Gasteiger partial charge on any atom is 0.121 e. The molecule has 1 aromatic heterocycles. The van der Waals surface area contributed by atoms with Crippen molar-refractivity contribution in [3.63, 3.8) is 0 Å². The van der Waals surface area contributed by atoms with Gasteiger partial charge in [0.15, 0.2) is 0 Å². The lowest BCUT2D eigenvalue weighted by molar-refractivity contribution is 0.0921. The Labute approximate surface area is 189 Å². The second-order valence-electron chi connectivity index (χ2n) is 8.11. The molecule has 0 spiro atoms. The topological polar surface area (TPSA) is 78.9 Å². The van der Waals surface area contributed by atoms with Crippen LogP contribution in [-0.2, 0) is 0 Å². The molecule has 1 aliphatic rings. The first-order valence-corrected chi connectivity index (χ1v) is 11.1. The summed E-state index contributed by atoms with van der Waals surface area (Å²) < 4.78 is 11.2. The van der Waals surface area contributed by atoms with E-state index in [0.717, 1.165) is 65.4 Å². The van der Waals surface area contributed by atoms with Crippen LogP contribution in [0.25, 0.3) is 22.2 Å². The standard InChI is InChI=1S/C25H32N4O3/c1-26-11-13-32-19-6-4-17(5-7-19)22-15-24(29-12-10-18(16-29)25(30)27-2)21-9-8-20(31-3)14-23(21)28-22/h4-9,14-15,18,25-27,30H,10-13,16H2,1-3H3. The Hall–Kier alpha value is -2.87. The smallest absolute Gasteiger partial charge is 0.121 e. The fourth-order valence-electron chi connectivity index (χ4n) is 4.22. The summed E-state index contributed by atoms with van der Waals surface area (Å²) in [5, 5.41) is 17.4. The molecule has 7 heteroatoms. The Morgan fingerprint density at radius 2 is 1.91 bits per heavy atom. The third-order valence-electron chi connectivity index (χ3n) is 6.07. The first-order chi connectivity index (χ1) is 15.6. The average Bonchev–Trinajstić information content (AvgIpc) is 3.33. The molecule has 2 heterocycles. The Kier molecular flexibility index (Phi) is 7.09. The molecule has 7 nitrogen and oxygen atoms in total. The van der Waals surface area contributed by atoms with E-state index in [2.05, 4.69) is 27.7 Å². The van der Waals surface area contributed by atoms with Crippen LogP contribution in [0, 0.1) is 5.92 Å². The summed E-state index contributed by atoms with van der Waals surface area (Å²) in [4.78, 5) is 7.29. The predicted molar refractivity (Wildman–Crippen MR) is 129 cm³/mol. The van der Waals surface area contributed by atoms with Gasteiger partial charge in [-0.05, 0) is 63.0 Å². The summed E-state index contributed by atoms with van der Waals surface area (Å²) in [6, 6.07) is 16.2. The minimum atomic E-state index is -0.497. The molecule has 0 aliphatic carbocycles. The Morgan fingerprint density at radius 1 is 1.12 bits per heavy atom. The highest BCUT2D eigenvalue weighted by atomic mass is 16.5. The quantitative estimate of drug-likeness (QED) is 0.352. The summed E-state index contributed by atoms with van der Waals surface area (Å²) in [6.45, 7) is 3.12. The molecule has 1 fully saturated rings. The van der Waals surface area contributed by atoms with E-state index in [1.807, 2.05) is 43.4 Å². The number of aromatic nitrogens is 1. The number of ether oxygens (including phenoxy) is 2. The Morgan fingerprint density at radius 3 is 2.62 bits per heavy atom. The third kappa shape index (κ3) is 4.80. The van der Waals surface area contributed by atoms with Crippen molar-refractivity contribution in [1.29, 1.82) is 0 Å². The lowest BCUT2D eigenvalue weighted by atomic mass is 10.1. The summed E-state index contributed by atoms with van der Waals surface area (Å²) in [6.07, 6.45) is 0.443. The lowest BCUT2D eigenvalue weighted by Crippen LogP contribution is -2.35. The summed E-state index contributed by atoms with van der Waals surface area (Å²) in [7, 11) is 5.38. The molecule has 0 saturated carbocycles. The first-order valence-electron chi connectivity index (χ1n) is 11.1. The molecule has 2 unspecified atom stereocenters. The van der Waals surface area contributed by atoms with Gasteiger partial charge in [-0.1, -0.05) is 0 Å². The van der Waals surface area contributed by atoms with Gasteiger partial charge < -0.3 is 24.8 Å². The zero-order chi connectivity index (χ0) is 22.5. The van der Waals surface area contributed by atoms with Crippen molar-refractivity contribution in [2.75, 3.05) is 52.3 Å². The summed E-state index contributed by atoms with van der Waals surface area (Å²) in [5.41, 5.74) is 3.96. The molecule has 3 aromatic rings. The fourth-order valence-corrected chi connectivity index (χ4v) is 4.22. The van der Waals surface area contributed by atoms with E-state index in [1.165, 1.54) is 0 Å². The van der Waals surface area contributed by atoms with Crippen molar-refractivity contribution in [3.8, 4) is 22.8 Å². The maximum atomic E-state index is 10.3. The van der Waals surface area contributed by atoms with Crippen LogP contribution in [0.1, 0.15) is 6.42 Å². The molecule has 2 atom stereocenters. The van der Waals surface area contributed by atoms with Crippen molar-refractivity contribution in [2.24, 2.45) is 5.92 Å². The van der Waals surface area contributed by atoms with Gasteiger partial charge in [-0.25, -0.2) is 4.98 Å². The number of pyridine rings is 1. The average molecular weight is 437 g/mol. The van der Waals surface area contributed by atoms with Gasteiger partial charge in [0.25, 0.3) is 0 Å². The molecule has 4 rings (SSSR count). The highest BCUT2D eigenvalue weighted by Gasteiger charge is 2.29. The highest BCUT2D eigenvalue weighted by molar-refractivity contribution is 5.95. The van der Waals surface area contributed by atoms with Gasteiger partial charge in [0, 0.05) is 48.3 Å². The highest BCUT2D eigenvalue weighted by Crippen LogP contribution is 2.36. The Bertz CT molecular complexity index is 1040. The van der Waals surface area contributed by atoms with Crippen LogP contribution >= 0.6 is 0 Å². The van der Waals surface area contributed by atoms with Gasteiger partial charge in [0.2, 0.25) is 0 Å². The van der Waals surface area contributed by atoms with Crippen LogP contribution in [0.5, 0.6) is 11.5 Å². The van der Waals surface area contributed by atoms with Crippen molar-refractivity contribution in [1.82, 2.24) is 15.6 Å². The fraction of sp³-hybridized carbons (Fsp3) is 0.400. The van der Waals surface area contributed by atoms with Gasteiger partial charge >= 0.3 is 0 Å². The number of fused-ring (bicyclic) bond motifs is 1. The van der Waals surface area contributed by atoms with Crippen LogP contribution < -0.4 is 25.0 Å². The predicted octanol–water partition coefficient (Wildman–Crippen LogP) is 2.87. The van der Waals surface area contributed by atoms with E-state index < -0.39 is 6.23 Å². The first kappa shape index (κ1) is 22.3. The number of anilines is 1. The molecule has 0 radical (unpaired) electrons. The van der Waals surface area contributed by atoms with Gasteiger partial charge in [-0.2, -0.15) is 0 Å². The number of nitrogens with zero attached hydrogens (tertiary/aromatic N) is 2. The van der Waals surface area contributed by atoms with Gasteiger partial charge in [0.1, 0.15) is 24.3 Å². The zero-order valence-electron chi connectivity index (χ0n) is 19.0. The summed E-state index contributed by atoms with van der Waals surface area (Å²) in [5.74, 6) is 1.82. The maximum absolute atomic E-state index is 10.3. The monoisotopic (exact) mass is 436 g/mol. The molecular weight excluding hydrogens is 404 g/mol. The molecule has 170 valence electrons. The van der Waals surface area contributed by atoms with E-state index >= 15 is 0 Å². The van der Waals surface area contributed by atoms with Crippen molar-refractivity contribution >= 4 is 16.6 Å². The number of hydrogen-bond acceptors (Lipinski definition) is 7. The van der Waals surface area contributed by atoms with Gasteiger partial charge in [-0.3, -0.25) is 5.32 Å². The van der Waals surface area contributed by atoms with Crippen LogP contribution in [-0.4, -0.2) is 63.8 Å². The second kappa shape index (κ2) is 10.2. The number of nitrogens with one attached hydrogen (secondary N) is 2. The molecule has 1 aliphatic heterocycles. The molecule has 0 amide bonds. The van der Waals surface area contributed by atoms with E-state index in [0.29, 0.717) is 6.61 Å². The van der Waals surface area contributed by atoms with E-state index in [1.54, 1.807) is 14.2 Å². The van der Waals surface area contributed by atoms with Crippen molar-refractivity contribution in [3.05, 3.63) is 48.5 Å². The minimum absolute atomic E-state index is 0.193. The third-order valence-corrected chi connectivity index (χ3v) is 6.07. The number of aliphatic hydroxyl groups is 1. The van der Waals surface area contributed by atoms with Crippen LogP contribution in [0.2, 0.25) is 0 Å². The Balaban J connectivity index is 1.69. The number of hydrogen-bond donors (Lipinski definition) is 3. The second-order valence-corrected chi connectivity index (χ2v) is 8.11. The van der Waals surface area contributed by atoms with Crippen molar-refractivity contribution < 1.29 is 14.6 Å². The van der Waals surface area contributed by atoms with E-state index in [-0.39, 0.29) is 5.92 Å². The number of likely N-dealkylation sites (N-methyl/N-ethyl adjacent to an activating group) is 1. The number of aliphatic hydroxyl groups excluding tert-OH is 1. The molecule has 1 saturated heterocycles. The van der Waals surface area contributed by atoms with Crippen LogP contribution in [0.4, 0.5) is 5.69 Å². The lowest BCUT2D eigenvalue weighted by Gasteiger charge is -2.23. The largest absolute Gasteiger partial charge is 0.497 e. The number of methoxy groups -OCH3 is 1. The van der Waals surface area contributed by atoms with Gasteiger partial charge in [-0.15, -0.1) is 0 Å². The molecule has 3 N–H and O–H groups in total. The zero-order valence-corrected chi connectivity index (χ0v) is 19.0. The number of rotatable bonds is 9. The summed E-state index contributed by atoms with van der Waals surface area (Å²) >= 11 is 0. The SMILES string of the molecule is CNCCOc1ccc(-c2cc(N3CCC(C(O)NC)C3)c3ccc(OC)cc3n2)cc1. The molecule has 0 bridgehead atoms. The van der Waals surface area contributed by atoms with E-state index in [9.17, 15) is 5.11 Å². The molecule has 32 heavy (non-hydrogen) atoms. The normalized spacial score (nSPS) is 17.0. The van der Waals surface area contributed by atoms with Crippen LogP contribution in [0.15, 0.2) is 48.5 Å². The minimum Gasteiger partial charge on any atom is -0.497 e. The molecular formula is C25H32N4O3. The van der Waals surface area contributed by atoms with Crippen molar-refractivity contribution in [2.45, 2.75) is 12.6 Å². The van der Waals surface area contributed by atoms with Crippen LogP contribution in [0.3, 0.4) is 0 Å².